The van der Waals surface area contributed by atoms with E-state index in [-0.39, 0.29) is 0 Å². The second-order valence-electron chi connectivity index (χ2n) is 2.49. The molecule has 0 atom stereocenters. The van der Waals surface area contributed by atoms with Crippen molar-refractivity contribution in [3.05, 3.63) is 10.9 Å². The minimum Gasteiger partial charge on any atom is -0.479 e. The highest BCUT2D eigenvalue weighted by atomic mass is 79.9. The second-order valence-corrected chi connectivity index (χ2v) is 3.25. The van der Waals surface area contributed by atoms with Crippen molar-refractivity contribution in [1.82, 2.24) is 19.7 Å². The number of hydrogen-bond donors (Lipinski definition) is 0. The van der Waals surface area contributed by atoms with Crippen LogP contribution in [0.15, 0.2) is 10.9 Å². The van der Waals surface area contributed by atoms with E-state index in [0.29, 0.717) is 10.5 Å². The van der Waals surface area contributed by atoms with Gasteiger partial charge < -0.3 is 4.74 Å². The lowest BCUT2D eigenvalue weighted by Gasteiger charge is -1.99. The summed E-state index contributed by atoms with van der Waals surface area (Å²) < 4.78 is 7.47. The third kappa shape index (κ3) is 1.17. The Balaban J connectivity index is 2.88. The number of ether oxygens (including phenoxy) is 1. The van der Waals surface area contributed by atoms with E-state index in [0.717, 1.165) is 11.0 Å². The SMILES string of the molecule is COc1ncnc2c(Br)nn(C)c12. The summed E-state index contributed by atoms with van der Waals surface area (Å²) in [6.07, 6.45) is 1.45. The summed E-state index contributed by atoms with van der Waals surface area (Å²) in [5.74, 6) is 0.533. The van der Waals surface area contributed by atoms with E-state index in [1.54, 1.807) is 11.8 Å². The molecule has 68 valence electrons. The lowest BCUT2D eigenvalue weighted by molar-refractivity contribution is 0.400. The zero-order valence-corrected chi connectivity index (χ0v) is 8.74. The van der Waals surface area contributed by atoms with E-state index in [1.807, 2.05) is 7.05 Å². The molecule has 2 rings (SSSR count). The van der Waals surface area contributed by atoms with Crippen molar-refractivity contribution < 1.29 is 4.74 Å². The van der Waals surface area contributed by atoms with Gasteiger partial charge in [-0.2, -0.15) is 10.1 Å². The normalized spacial score (nSPS) is 10.7. The van der Waals surface area contributed by atoms with Gasteiger partial charge >= 0.3 is 0 Å². The summed E-state index contributed by atoms with van der Waals surface area (Å²) in [4.78, 5) is 8.07. The molecule has 0 saturated heterocycles. The van der Waals surface area contributed by atoms with Crippen LogP contribution >= 0.6 is 15.9 Å². The molecule has 0 bridgehead atoms. The van der Waals surface area contributed by atoms with Crippen LogP contribution in [0, 0.1) is 0 Å². The molecule has 0 aliphatic heterocycles. The summed E-state index contributed by atoms with van der Waals surface area (Å²) in [5.41, 5.74) is 1.55. The third-order valence-corrected chi connectivity index (χ3v) is 2.27. The lowest BCUT2D eigenvalue weighted by Crippen LogP contribution is -1.95. The maximum atomic E-state index is 5.09. The van der Waals surface area contributed by atoms with E-state index >= 15 is 0 Å². The van der Waals surface area contributed by atoms with E-state index < -0.39 is 0 Å². The molecule has 0 aromatic carbocycles. The fraction of sp³-hybridized carbons (Fsp3) is 0.286. The maximum absolute atomic E-state index is 5.09. The molecule has 2 aromatic heterocycles. The molecule has 0 fully saturated rings. The highest BCUT2D eigenvalue weighted by molar-refractivity contribution is 9.10. The second kappa shape index (κ2) is 2.95. The number of hydrogen-bond acceptors (Lipinski definition) is 4. The van der Waals surface area contributed by atoms with E-state index in [9.17, 15) is 0 Å². The van der Waals surface area contributed by atoms with Gasteiger partial charge in [0.05, 0.1) is 7.11 Å². The Kier molecular flexibility index (Phi) is 1.91. The van der Waals surface area contributed by atoms with Crippen LogP contribution in [0.1, 0.15) is 0 Å². The Morgan fingerprint density at radius 1 is 1.46 bits per heavy atom. The first kappa shape index (κ1) is 8.43. The zero-order chi connectivity index (χ0) is 9.42. The van der Waals surface area contributed by atoms with Crippen LogP contribution in [-0.4, -0.2) is 26.9 Å². The van der Waals surface area contributed by atoms with Gasteiger partial charge in [0.2, 0.25) is 5.88 Å². The van der Waals surface area contributed by atoms with Crippen LogP contribution in [0.2, 0.25) is 0 Å². The van der Waals surface area contributed by atoms with Crippen molar-refractivity contribution in [2.45, 2.75) is 0 Å². The van der Waals surface area contributed by atoms with Crippen LogP contribution in [0.5, 0.6) is 5.88 Å². The predicted octanol–water partition coefficient (Wildman–Crippen LogP) is 1.13. The quantitative estimate of drug-likeness (QED) is 0.753. The summed E-state index contributed by atoms with van der Waals surface area (Å²) in [7, 11) is 3.39. The Labute approximate surface area is 82.9 Å². The first-order chi connectivity index (χ1) is 6.24. The molecule has 0 spiro atoms. The lowest BCUT2D eigenvalue weighted by atomic mass is 10.4. The number of nitrogens with zero attached hydrogens (tertiary/aromatic N) is 4. The van der Waals surface area contributed by atoms with Gasteiger partial charge in [-0.05, 0) is 15.9 Å². The van der Waals surface area contributed by atoms with Crippen molar-refractivity contribution in [3.8, 4) is 5.88 Å². The van der Waals surface area contributed by atoms with Crippen LogP contribution < -0.4 is 4.74 Å². The summed E-state index contributed by atoms with van der Waals surface area (Å²) in [6.45, 7) is 0. The smallest absolute Gasteiger partial charge is 0.243 e. The van der Waals surface area contributed by atoms with Gasteiger partial charge in [0, 0.05) is 7.05 Å². The van der Waals surface area contributed by atoms with Crippen LogP contribution in [0.25, 0.3) is 11.0 Å². The van der Waals surface area contributed by atoms with Crippen molar-refractivity contribution in [1.29, 1.82) is 0 Å². The van der Waals surface area contributed by atoms with Gasteiger partial charge in [0.1, 0.15) is 17.4 Å². The first-order valence-corrected chi connectivity index (χ1v) is 4.40. The molecule has 0 radical (unpaired) electrons. The van der Waals surface area contributed by atoms with Gasteiger partial charge in [-0.1, -0.05) is 0 Å². The van der Waals surface area contributed by atoms with Crippen LogP contribution in [-0.2, 0) is 7.05 Å². The maximum Gasteiger partial charge on any atom is 0.243 e. The molecule has 6 heteroatoms. The van der Waals surface area contributed by atoms with E-state index in [2.05, 4.69) is 31.0 Å². The molecule has 2 heterocycles. The van der Waals surface area contributed by atoms with Gasteiger partial charge in [-0.15, -0.1) is 0 Å². The average Bonchev–Trinajstić information content (AvgIpc) is 2.43. The largest absolute Gasteiger partial charge is 0.479 e. The van der Waals surface area contributed by atoms with Crippen molar-refractivity contribution in [2.24, 2.45) is 7.05 Å². The molecule has 13 heavy (non-hydrogen) atoms. The first-order valence-electron chi connectivity index (χ1n) is 3.61. The molecule has 0 N–H and O–H groups in total. The molecule has 0 amide bonds. The predicted molar refractivity (Wildman–Crippen MR) is 50.6 cm³/mol. The Bertz CT molecular complexity index is 453. The summed E-state index contributed by atoms with van der Waals surface area (Å²) >= 11 is 3.30. The summed E-state index contributed by atoms with van der Waals surface area (Å²) in [6, 6.07) is 0. The number of rotatable bonds is 1. The molecule has 0 aliphatic rings. The molecule has 0 aliphatic carbocycles. The van der Waals surface area contributed by atoms with Crippen molar-refractivity contribution in [2.75, 3.05) is 7.11 Å². The average molecular weight is 243 g/mol. The topological polar surface area (TPSA) is 52.8 Å². The highest BCUT2D eigenvalue weighted by Gasteiger charge is 2.12. The fourth-order valence-electron chi connectivity index (χ4n) is 1.18. The number of aromatic nitrogens is 4. The van der Waals surface area contributed by atoms with E-state index in [4.69, 9.17) is 4.74 Å². The monoisotopic (exact) mass is 242 g/mol. The zero-order valence-electron chi connectivity index (χ0n) is 7.15. The minimum absolute atomic E-state index is 0.533. The standard InChI is InChI=1S/C7H7BrN4O/c1-12-5-4(6(8)11-12)9-3-10-7(5)13-2/h3H,1-2H3. The fourth-order valence-corrected chi connectivity index (χ4v) is 1.71. The summed E-state index contributed by atoms with van der Waals surface area (Å²) in [5, 5.41) is 4.15. The number of aryl methyl sites for hydroxylation is 1. The van der Waals surface area contributed by atoms with Crippen molar-refractivity contribution in [3.63, 3.8) is 0 Å². The van der Waals surface area contributed by atoms with Crippen LogP contribution in [0.4, 0.5) is 0 Å². The molecular weight excluding hydrogens is 236 g/mol. The Morgan fingerprint density at radius 2 is 2.23 bits per heavy atom. The van der Waals surface area contributed by atoms with Gasteiger partial charge in [-0.25, -0.2) is 4.98 Å². The minimum atomic E-state index is 0.533. The molecule has 2 aromatic rings. The number of halogens is 1. The van der Waals surface area contributed by atoms with Gasteiger partial charge in [0.15, 0.2) is 4.60 Å². The molecule has 5 nitrogen and oxygen atoms in total. The highest BCUT2D eigenvalue weighted by Crippen LogP contribution is 2.25. The number of fused-ring (bicyclic) bond motifs is 1. The molecular formula is C7H7BrN4O. The Hall–Kier alpha value is -1.17. The third-order valence-electron chi connectivity index (χ3n) is 1.74. The molecule has 0 saturated carbocycles. The van der Waals surface area contributed by atoms with E-state index in [1.165, 1.54) is 6.33 Å². The van der Waals surface area contributed by atoms with Crippen molar-refractivity contribution >= 4 is 27.0 Å². The molecule has 0 unspecified atom stereocenters. The Morgan fingerprint density at radius 3 is 2.92 bits per heavy atom. The van der Waals surface area contributed by atoms with Gasteiger partial charge in [-0.3, -0.25) is 4.68 Å². The number of methoxy groups -OCH3 is 1. The van der Waals surface area contributed by atoms with Gasteiger partial charge in [0.25, 0.3) is 0 Å². The van der Waals surface area contributed by atoms with Crippen LogP contribution in [0.3, 0.4) is 0 Å².